The Hall–Kier alpha value is -3.61. The summed E-state index contributed by atoms with van der Waals surface area (Å²) in [7, 11) is 1.35. The van der Waals surface area contributed by atoms with Crippen LogP contribution in [-0.2, 0) is 4.79 Å². The van der Waals surface area contributed by atoms with Crippen molar-refractivity contribution in [2.45, 2.75) is 0 Å². The van der Waals surface area contributed by atoms with Crippen LogP contribution in [0.15, 0.2) is 60.7 Å². The molecule has 7 nitrogen and oxygen atoms in total. The number of nitrogens with one attached hydrogen (secondary N) is 1. The predicted octanol–water partition coefficient (Wildman–Crippen LogP) is 3.77. The molecule has 0 aromatic heterocycles. The van der Waals surface area contributed by atoms with E-state index in [1.54, 1.807) is 6.07 Å². The highest BCUT2D eigenvalue weighted by atomic mass is 16.6. The SMILES string of the molecule is COc1ccc(NC(=O)COc2cccc3ccccc23)cc1[N+](=O)[O-]. The van der Waals surface area contributed by atoms with E-state index < -0.39 is 10.8 Å². The number of benzene rings is 3. The van der Waals surface area contributed by atoms with Gasteiger partial charge in [-0.05, 0) is 23.6 Å². The molecule has 0 unspecified atom stereocenters. The van der Waals surface area contributed by atoms with E-state index in [4.69, 9.17) is 9.47 Å². The van der Waals surface area contributed by atoms with Gasteiger partial charge in [0.15, 0.2) is 12.4 Å². The van der Waals surface area contributed by atoms with E-state index in [0.29, 0.717) is 11.4 Å². The summed E-state index contributed by atoms with van der Waals surface area (Å²) in [5.74, 6) is 0.302. The summed E-state index contributed by atoms with van der Waals surface area (Å²) in [6, 6.07) is 17.5. The minimum atomic E-state index is -0.568. The van der Waals surface area contributed by atoms with E-state index >= 15 is 0 Å². The first-order valence-electron chi connectivity index (χ1n) is 7.81. The van der Waals surface area contributed by atoms with Crippen LogP contribution in [0.1, 0.15) is 0 Å². The van der Waals surface area contributed by atoms with E-state index in [-0.39, 0.29) is 18.0 Å². The quantitative estimate of drug-likeness (QED) is 0.538. The van der Waals surface area contributed by atoms with Crippen LogP contribution in [-0.4, -0.2) is 24.5 Å². The lowest BCUT2D eigenvalue weighted by molar-refractivity contribution is -0.385. The second-order valence-corrected chi connectivity index (χ2v) is 5.46. The molecule has 3 aromatic rings. The number of nitro benzene ring substituents is 1. The molecule has 0 saturated carbocycles. The van der Waals surface area contributed by atoms with E-state index in [0.717, 1.165) is 10.8 Å². The maximum absolute atomic E-state index is 12.1. The Morgan fingerprint density at radius 1 is 1.08 bits per heavy atom. The van der Waals surface area contributed by atoms with Crippen molar-refractivity contribution in [1.29, 1.82) is 0 Å². The smallest absolute Gasteiger partial charge is 0.312 e. The van der Waals surface area contributed by atoms with Crippen LogP contribution in [0.25, 0.3) is 10.8 Å². The van der Waals surface area contributed by atoms with Crippen LogP contribution in [0.5, 0.6) is 11.5 Å². The standard InChI is InChI=1S/C19H16N2O5/c1-25-18-10-9-14(11-16(18)21(23)24)20-19(22)12-26-17-8-4-6-13-5-2-3-7-15(13)17/h2-11H,12H2,1H3,(H,20,22). The van der Waals surface area contributed by atoms with E-state index in [2.05, 4.69) is 5.32 Å². The molecule has 0 fully saturated rings. The molecule has 0 aliphatic carbocycles. The average Bonchev–Trinajstić information content (AvgIpc) is 2.66. The molecule has 1 amide bonds. The zero-order valence-corrected chi connectivity index (χ0v) is 14.0. The molecule has 0 aliphatic heterocycles. The Morgan fingerprint density at radius 3 is 2.62 bits per heavy atom. The molecule has 0 spiro atoms. The zero-order valence-electron chi connectivity index (χ0n) is 14.0. The third kappa shape index (κ3) is 3.72. The molecular formula is C19H16N2O5. The highest BCUT2D eigenvalue weighted by molar-refractivity contribution is 5.93. The first kappa shape index (κ1) is 17.2. The Bertz CT molecular complexity index is 966. The number of nitrogens with zero attached hydrogens (tertiary/aromatic N) is 1. The molecule has 7 heteroatoms. The Morgan fingerprint density at radius 2 is 1.85 bits per heavy atom. The number of ether oxygens (including phenoxy) is 2. The first-order valence-corrected chi connectivity index (χ1v) is 7.81. The number of carbonyl (C=O) groups excluding carboxylic acids is 1. The van der Waals surface area contributed by atoms with Crippen molar-refractivity contribution in [1.82, 2.24) is 0 Å². The van der Waals surface area contributed by atoms with Crippen LogP contribution < -0.4 is 14.8 Å². The van der Waals surface area contributed by atoms with Gasteiger partial charge in [-0.3, -0.25) is 14.9 Å². The number of hydrogen-bond donors (Lipinski definition) is 1. The van der Waals surface area contributed by atoms with Crippen molar-refractivity contribution in [2.24, 2.45) is 0 Å². The Balaban J connectivity index is 1.69. The van der Waals surface area contributed by atoms with Gasteiger partial charge in [0, 0.05) is 17.1 Å². The van der Waals surface area contributed by atoms with Gasteiger partial charge < -0.3 is 14.8 Å². The zero-order chi connectivity index (χ0) is 18.5. The van der Waals surface area contributed by atoms with E-state index in [1.165, 1.54) is 25.3 Å². The minimum absolute atomic E-state index is 0.125. The molecule has 3 rings (SSSR count). The van der Waals surface area contributed by atoms with Crippen LogP contribution in [0.4, 0.5) is 11.4 Å². The monoisotopic (exact) mass is 352 g/mol. The summed E-state index contributed by atoms with van der Waals surface area (Å²) < 4.78 is 10.5. The van der Waals surface area contributed by atoms with Crippen LogP contribution >= 0.6 is 0 Å². The number of hydrogen-bond acceptors (Lipinski definition) is 5. The normalized spacial score (nSPS) is 10.3. The molecular weight excluding hydrogens is 336 g/mol. The second-order valence-electron chi connectivity index (χ2n) is 5.46. The van der Waals surface area contributed by atoms with Crippen molar-refractivity contribution in [2.75, 3.05) is 19.0 Å². The van der Waals surface area contributed by atoms with Gasteiger partial charge >= 0.3 is 5.69 Å². The van der Waals surface area contributed by atoms with Crippen molar-refractivity contribution in [3.8, 4) is 11.5 Å². The van der Waals surface area contributed by atoms with Crippen LogP contribution in [0.2, 0.25) is 0 Å². The van der Waals surface area contributed by atoms with Crippen LogP contribution in [0.3, 0.4) is 0 Å². The fraction of sp³-hybridized carbons (Fsp3) is 0.105. The maximum Gasteiger partial charge on any atom is 0.312 e. The van der Waals surface area contributed by atoms with Crippen LogP contribution in [0, 0.1) is 10.1 Å². The molecule has 0 atom stereocenters. The van der Waals surface area contributed by atoms with Gasteiger partial charge in [0.2, 0.25) is 0 Å². The molecule has 0 radical (unpaired) electrons. The molecule has 0 saturated heterocycles. The third-order valence-electron chi connectivity index (χ3n) is 3.77. The molecule has 0 bridgehead atoms. The van der Waals surface area contributed by atoms with E-state index in [1.807, 2.05) is 36.4 Å². The molecule has 0 aliphatic rings. The molecule has 132 valence electrons. The van der Waals surface area contributed by atoms with Crippen molar-refractivity contribution in [3.63, 3.8) is 0 Å². The maximum atomic E-state index is 12.1. The summed E-state index contributed by atoms with van der Waals surface area (Å²) in [5.41, 5.74) is 0.0734. The van der Waals surface area contributed by atoms with Gasteiger partial charge in [-0.25, -0.2) is 0 Å². The number of rotatable bonds is 6. The number of anilines is 1. The number of nitro groups is 1. The van der Waals surface area contributed by atoms with Gasteiger partial charge in [0.05, 0.1) is 12.0 Å². The first-order chi connectivity index (χ1) is 12.6. The third-order valence-corrected chi connectivity index (χ3v) is 3.77. The highest BCUT2D eigenvalue weighted by Crippen LogP contribution is 2.29. The fourth-order valence-electron chi connectivity index (χ4n) is 2.57. The summed E-state index contributed by atoms with van der Waals surface area (Å²) >= 11 is 0. The lowest BCUT2D eigenvalue weighted by atomic mass is 10.1. The van der Waals surface area contributed by atoms with Gasteiger partial charge in [-0.15, -0.1) is 0 Å². The Kier molecular flexibility index (Phi) is 4.98. The molecule has 1 N–H and O–H groups in total. The molecule has 26 heavy (non-hydrogen) atoms. The average molecular weight is 352 g/mol. The fourth-order valence-corrected chi connectivity index (χ4v) is 2.57. The summed E-state index contributed by atoms with van der Waals surface area (Å²) in [6.07, 6.45) is 0. The van der Waals surface area contributed by atoms with E-state index in [9.17, 15) is 14.9 Å². The van der Waals surface area contributed by atoms with Crippen molar-refractivity contribution < 1.29 is 19.2 Å². The number of amides is 1. The number of carbonyl (C=O) groups is 1. The van der Waals surface area contributed by atoms with Gasteiger partial charge in [-0.2, -0.15) is 0 Å². The van der Waals surface area contributed by atoms with Crippen molar-refractivity contribution >= 4 is 28.1 Å². The number of fused-ring (bicyclic) bond motifs is 1. The largest absolute Gasteiger partial charge is 0.490 e. The second kappa shape index (κ2) is 7.52. The van der Waals surface area contributed by atoms with Crippen molar-refractivity contribution in [3.05, 3.63) is 70.8 Å². The summed E-state index contributed by atoms with van der Waals surface area (Å²) in [5, 5.41) is 15.5. The predicted molar refractivity (Wildman–Crippen MR) is 97.7 cm³/mol. The minimum Gasteiger partial charge on any atom is -0.490 e. The topological polar surface area (TPSA) is 90.7 Å². The lowest BCUT2D eigenvalue weighted by Gasteiger charge is -2.10. The summed E-state index contributed by atoms with van der Waals surface area (Å²) in [6.45, 7) is -0.214. The van der Waals surface area contributed by atoms with Gasteiger partial charge in [0.25, 0.3) is 5.91 Å². The lowest BCUT2D eigenvalue weighted by Crippen LogP contribution is -2.20. The number of methoxy groups -OCH3 is 1. The van der Waals surface area contributed by atoms with Gasteiger partial charge in [0.1, 0.15) is 5.75 Å². The highest BCUT2D eigenvalue weighted by Gasteiger charge is 2.16. The Labute approximate surface area is 149 Å². The molecule has 3 aromatic carbocycles. The molecule has 0 heterocycles. The van der Waals surface area contributed by atoms with Gasteiger partial charge in [-0.1, -0.05) is 36.4 Å². The summed E-state index contributed by atoms with van der Waals surface area (Å²) in [4.78, 5) is 22.6.